The first-order chi connectivity index (χ1) is 10.5. The molecule has 2 rings (SSSR count). The molecule has 0 aliphatic rings. The van der Waals surface area contributed by atoms with Gasteiger partial charge < -0.3 is 9.47 Å². The van der Waals surface area contributed by atoms with Crippen molar-refractivity contribution in [3.63, 3.8) is 0 Å². The Bertz CT molecular complexity index is 679. The molecule has 0 unspecified atom stereocenters. The lowest BCUT2D eigenvalue weighted by atomic mass is 10.3. The van der Waals surface area contributed by atoms with Crippen LogP contribution in [-0.2, 0) is 4.79 Å². The van der Waals surface area contributed by atoms with Gasteiger partial charge in [-0.25, -0.2) is 4.98 Å². The lowest BCUT2D eigenvalue weighted by Crippen LogP contribution is -2.20. The Morgan fingerprint density at radius 1 is 1.23 bits per heavy atom. The molecular weight excluding hydrogens is 304 g/mol. The molecule has 0 aliphatic heterocycles. The number of ether oxygens (including phenoxy) is 2. The average Bonchev–Trinajstić information content (AvgIpc) is 2.86. The number of hydrogen-bond acceptors (Lipinski definition) is 6. The molecule has 0 atom stereocenters. The molecule has 7 heteroatoms. The molecule has 0 aliphatic carbocycles. The van der Waals surface area contributed by atoms with Crippen molar-refractivity contribution < 1.29 is 19.1 Å². The van der Waals surface area contributed by atoms with E-state index in [2.05, 4.69) is 10.3 Å². The molecule has 1 aromatic heterocycles. The van der Waals surface area contributed by atoms with Gasteiger partial charge in [-0.05, 0) is 31.2 Å². The molecule has 22 heavy (non-hydrogen) atoms. The number of carbonyl (C=O) groups excluding carboxylic acids is 2. The third-order valence-electron chi connectivity index (χ3n) is 2.79. The maximum atomic E-state index is 11.8. The largest absolute Gasteiger partial charge is 0.497 e. The molecule has 0 saturated heterocycles. The van der Waals surface area contributed by atoms with Gasteiger partial charge in [0.1, 0.15) is 11.5 Å². The van der Waals surface area contributed by atoms with Crippen LogP contribution in [0, 0.1) is 6.92 Å². The van der Waals surface area contributed by atoms with E-state index < -0.39 is 0 Å². The van der Waals surface area contributed by atoms with Crippen molar-refractivity contribution in [1.29, 1.82) is 0 Å². The van der Waals surface area contributed by atoms with Crippen LogP contribution in [0.3, 0.4) is 0 Å². The lowest BCUT2D eigenvalue weighted by molar-refractivity contribution is -0.118. The van der Waals surface area contributed by atoms with E-state index in [1.165, 1.54) is 6.92 Å². The van der Waals surface area contributed by atoms with E-state index in [1.807, 2.05) is 0 Å². The number of benzene rings is 1. The van der Waals surface area contributed by atoms with Gasteiger partial charge in [0.15, 0.2) is 17.5 Å². The average molecular weight is 320 g/mol. The van der Waals surface area contributed by atoms with Gasteiger partial charge in [-0.2, -0.15) is 0 Å². The molecule has 1 aromatic carbocycles. The predicted octanol–water partition coefficient (Wildman–Crippen LogP) is 2.68. The van der Waals surface area contributed by atoms with Crippen LogP contribution in [0.2, 0.25) is 0 Å². The third-order valence-corrected chi connectivity index (χ3v) is 3.97. The van der Waals surface area contributed by atoms with E-state index in [1.54, 1.807) is 38.3 Å². The molecule has 0 radical (unpaired) electrons. The predicted molar refractivity (Wildman–Crippen MR) is 84.0 cm³/mol. The van der Waals surface area contributed by atoms with Crippen LogP contribution in [0.4, 0.5) is 5.13 Å². The fourth-order valence-corrected chi connectivity index (χ4v) is 2.63. The maximum Gasteiger partial charge on any atom is 0.264 e. The zero-order valence-corrected chi connectivity index (χ0v) is 13.3. The van der Waals surface area contributed by atoms with Crippen molar-refractivity contribution >= 4 is 28.2 Å². The Hall–Kier alpha value is -2.41. The van der Waals surface area contributed by atoms with E-state index in [0.29, 0.717) is 27.2 Å². The summed E-state index contributed by atoms with van der Waals surface area (Å²) in [6.07, 6.45) is 0. The second-order valence-electron chi connectivity index (χ2n) is 4.50. The highest BCUT2D eigenvalue weighted by Gasteiger charge is 2.13. The normalized spacial score (nSPS) is 10.1. The summed E-state index contributed by atoms with van der Waals surface area (Å²) in [6.45, 7) is 3.07. The molecule has 0 spiro atoms. The number of ketones is 1. The SMILES string of the molecule is COc1ccc(OCC(=O)Nc2nc(C)c(C(C)=O)s2)cc1. The van der Waals surface area contributed by atoms with Crippen LogP contribution in [0.1, 0.15) is 22.3 Å². The summed E-state index contributed by atoms with van der Waals surface area (Å²) in [4.78, 5) is 27.9. The second-order valence-corrected chi connectivity index (χ2v) is 5.50. The van der Waals surface area contributed by atoms with Crippen LogP contribution >= 0.6 is 11.3 Å². The summed E-state index contributed by atoms with van der Waals surface area (Å²) >= 11 is 1.16. The zero-order valence-electron chi connectivity index (χ0n) is 12.5. The number of Topliss-reactive ketones (excluding diaryl/α,β-unsaturated/α-hetero) is 1. The topological polar surface area (TPSA) is 77.5 Å². The number of anilines is 1. The number of rotatable bonds is 6. The number of aromatic nitrogens is 1. The van der Waals surface area contributed by atoms with Crippen molar-refractivity contribution in [3.8, 4) is 11.5 Å². The summed E-state index contributed by atoms with van der Waals surface area (Å²) in [6, 6.07) is 6.92. The summed E-state index contributed by atoms with van der Waals surface area (Å²) in [5.41, 5.74) is 0.615. The van der Waals surface area contributed by atoms with Crippen LogP contribution in [-0.4, -0.2) is 30.4 Å². The number of methoxy groups -OCH3 is 1. The first kappa shape index (κ1) is 16.0. The van der Waals surface area contributed by atoms with Crippen LogP contribution in [0.15, 0.2) is 24.3 Å². The Morgan fingerprint density at radius 2 is 1.86 bits per heavy atom. The van der Waals surface area contributed by atoms with Crippen LogP contribution < -0.4 is 14.8 Å². The Balaban J connectivity index is 1.89. The van der Waals surface area contributed by atoms with Gasteiger partial charge in [0.2, 0.25) is 0 Å². The minimum atomic E-state index is -0.334. The van der Waals surface area contributed by atoms with Crippen LogP contribution in [0.5, 0.6) is 11.5 Å². The van der Waals surface area contributed by atoms with E-state index in [-0.39, 0.29) is 18.3 Å². The molecule has 6 nitrogen and oxygen atoms in total. The number of thiazole rings is 1. The number of nitrogens with one attached hydrogen (secondary N) is 1. The van der Waals surface area contributed by atoms with E-state index in [0.717, 1.165) is 11.3 Å². The van der Waals surface area contributed by atoms with Gasteiger partial charge in [0.05, 0.1) is 17.7 Å². The van der Waals surface area contributed by atoms with Gasteiger partial charge >= 0.3 is 0 Å². The van der Waals surface area contributed by atoms with Crippen LogP contribution in [0.25, 0.3) is 0 Å². The van der Waals surface area contributed by atoms with Gasteiger partial charge in [-0.3, -0.25) is 14.9 Å². The van der Waals surface area contributed by atoms with Crippen molar-refractivity contribution in [2.45, 2.75) is 13.8 Å². The zero-order chi connectivity index (χ0) is 16.1. The molecule has 116 valence electrons. The Labute approximate surface area is 132 Å². The molecule has 0 bridgehead atoms. The van der Waals surface area contributed by atoms with E-state index in [4.69, 9.17) is 9.47 Å². The first-order valence-electron chi connectivity index (χ1n) is 6.54. The first-order valence-corrected chi connectivity index (χ1v) is 7.36. The van der Waals surface area contributed by atoms with Gasteiger partial charge in [0, 0.05) is 6.92 Å². The molecule has 0 fully saturated rings. The molecule has 1 amide bonds. The molecule has 1 heterocycles. The summed E-state index contributed by atoms with van der Waals surface area (Å²) < 4.78 is 10.4. The Morgan fingerprint density at radius 3 is 2.41 bits per heavy atom. The van der Waals surface area contributed by atoms with Gasteiger partial charge in [0.25, 0.3) is 5.91 Å². The third kappa shape index (κ3) is 4.05. The number of amides is 1. The standard InChI is InChI=1S/C15H16N2O4S/c1-9-14(10(2)18)22-15(16-9)17-13(19)8-21-12-6-4-11(20-3)5-7-12/h4-7H,8H2,1-3H3,(H,16,17,19). The van der Waals surface area contributed by atoms with E-state index >= 15 is 0 Å². The minimum Gasteiger partial charge on any atom is -0.497 e. The smallest absolute Gasteiger partial charge is 0.264 e. The molecular formula is C15H16N2O4S. The number of nitrogens with zero attached hydrogens (tertiary/aromatic N) is 1. The quantitative estimate of drug-likeness (QED) is 0.828. The summed E-state index contributed by atoms with van der Waals surface area (Å²) in [7, 11) is 1.58. The highest BCUT2D eigenvalue weighted by Crippen LogP contribution is 2.23. The van der Waals surface area contributed by atoms with Crippen molar-refractivity contribution in [3.05, 3.63) is 34.8 Å². The van der Waals surface area contributed by atoms with Crippen molar-refractivity contribution in [2.75, 3.05) is 19.0 Å². The second kappa shape index (κ2) is 7.04. The van der Waals surface area contributed by atoms with E-state index in [9.17, 15) is 9.59 Å². The monoisotopic (exact) mass is 320 g/mol. The number of carbonyl (C=O) groups is 2. The minimum absolute atomic E-state index is 0.0648. The summed E-state index contributed by atoms with van der Waals surface area (Å²) in [5, 5.41) is 3.01. The molecule has 0 saturated carbocycles. The fourth-order valence-electron chi connectivity index (χ4n) is 1.75. The number of aryl methyl sites for hydroxylation is 1. The fraction of sp³-hybridized carbons (Fsp3) is 0.267. The maximum absolute atomic E-state index is 11.8. The van der Waals surface area contributed by atoms with Gasteiger partial charge in [-0.15, -0.1) is 0 Å². The summed E-state index contributed by atoms with van der Waals surface area (Å²) in [5.74, 6) is 0.882. The molecule has 2 aromatic rings. The lowest BCUT2D eigenvalue weighted by Gasteiger charge is -2.06. The Kier molecular flexibility index (Phi) is 5.11. The molecule has 1 N–H and O–H groups in total. The van der Waals surface area contributed by atoms with Crippen molar-refractivity contribution in [2.24, 2.45) is 0 Å². The van der Waals surface area contributed by atoms with Crippen molar-refractivity contribution in [1.82, 2.24) is 4.98 Å². The highest BCUT2D eigenvalue weighted by atomic mass is 32.1. The van der Waals surface area contributed by atoms with Gasteiger partial charge in [-0.1, -0.05) is 11.3 Å². The highest BCUT2D eigenvalue weighted by molar-refractivity contribution is 7.17. The number of hydrogen-bond donors (Lipinski definition) is 1.